The summed E-state index contributed by atoms with van der Waals surface area (Å²) in [6.07, 6.45) is 2.37. The van der Waals surface area contributed by atoms with Crippen LogP contribution in [0.15, 0.2) is 0 Å². The molecule has 2 heteroatoms. The molecule has 0 spiro atoms. The number of hydrogen-bond donors (Lipinski definition) is 1. The average molecular weight is 187 g/mol. The third-order valence-corrected chi connectivity index (χ3v) is 2.44. The van der Waals surface area contributed by atoms with Crippen LogP contribution in [0.2, 0.25) is 0 Å². The van der Waals surface area contributed by atoms with Crippen LogP contribution in [0.5, 0.6) is 0 Å². The van der Waals surface area contributed by atoms with E-state index in [1.807, 2.05) is 0 Å². The van der Waals surface area contributed by atoms with Gasteiger partial charge in [0.1, 0.15) is 0 Å². The maximum atomic E-state index is 5.16. The molecule has 0 bridgehead atoms. The van der Waals surface area contributed by atoms with Gasteiger partial charge in [0.25, 0.3) is 0 Å². The Morgan fingerprint density at radius 3 is 2.46 bits per heavy atom. The summed E-state index contributed by atoms with van der Waals surface area (Å²) in [5.74, 6) is 0. The van der Waals surface area contributed by atoms with E-state index in [0.717, 1.165) is 13.2 Å². The maximum absolute atomic E-state index is 5.16. The molecule has 0 aromatic heterocycles. The van der Waals surface area contributed by atoms with E-state index in [-0.39, 0.29) is 0 Å². The minimum atomic E-state index is 0.301. The molecule has 0 aromatic carbocycles. The monoisotopic (exact) mass is 187 g/mol. The molecule has 0 fully saturated rings. The quantitative estimate of drug-likeness (QED) is 0.661. The Bertz CT molecular complexity index is 123. The average Bonchev–Trinajstić information content (AvgIpc) is 2.03. The number of rotatable bonds is 7. The molecular formula is C11H25NO. The Morgan fingerprint density at radius 1 is 1.38 bits per heavy atom. The van der Waals surface area contributed by atoms with Crippen molar-refractivity contribution in [2.75, 3.05) is 20.3 Å². The number of ether oxygens (including phenoxy) is 1. The first-order chi connectivity index (χ1) is 6.02. The zero-order chi connectivity index (χ0) is 10.3. The summed E-state index contributed by atoms with van der Waals surface area (Å²) in [5.41, 5.74) is 0.301. The smallest absolute Gasteiger partial charge is 0.0513 e. The standard InChI is InChI=1S/C11H25NO/c1-6-10(2)12-8-7-11(3,4)9-13-5/h10,12H,6-9H2,1-5H3. The van der Waals surface area contributed by atoms with Crippen LogP contribution in [-0.4, -0.2) is 26.3 Å². The van der Waals surface area contributed by atoms with E-state index in [2.05, 4.69) is 33.0 Å². The predicted octanol–water partition coefficient (Wildman–Crippen LogP) is 2.44. The van der Waals surface area contributed by atoms with Crippen molar-refractivity contribution in [3.05, 3.63) is 0 Å². The Balaban J connectivity index is 3.50. The highest BCUT2D eigenvalue weighted by atomic mass is 16.5. The molecule has 1 N–H and O–H groups in total. The topological polar surface area (TPSA) is 21.3 Å². The van der Waals surface area contributed by atoms with Gasteiger partial charge in [-0.3, -0.25) is 0 Å². The third-order valence-electron chi connectivity index (χ3n) is 2.44. The van der Waals surface area contributed by atoms with E-state index < -0.39 is 0 Å². The fraction of sp³-hybridized carbons (Fsp3) is 1.00. The first kappa shape index (κ1) is 12.9. The van der Waals surface area contributed by atoms with Crippen molar-refractivity contribution < 1.29 is 4.74 Å². The van der Waals surface area contributed by atoms with Crippen molar-refractivity contribution in [2.45, 2.75) is 46.6 Å². The van der Waals surface area contributed by atoms with E-state index >= 15 is 0 Å². The molecule has 0 rings (SSSR count). The molecule has 0 heterocycles. The fourth-order valence-electron chi connectivity index (χ4n) is 1.26. The van der Waals surface area contributed by atoms with Gasteiger partial charge in [0.15, 0.2) is 0 Å². The number of hydrogen-bond acceptors (Lipinski definition) is 2. The fourth-order valence-corrected chi connectivity index (χ4v) is 1.26. The summed E-state index contributed by atoms with van der Waals surface area (Å²) < 4.78 is 5.16. The van der Waals surface area contributed by atoms with Crippen LogP contribution in [0.3, 0.4) is 0 Å². The summed E-state index contributed by atoms with van der Waals surface area (Å²) in [4.78, 5) is 0. The van der Waals surface area contributed by atoms with E-state index in [1.165, 1.54) is 12.8 Å². The Kier molecular flexibility index (Phi) is 6.35. The van der Waals surface area contributed by atoms with Gasteiger partial charge in [-0.25, -0.2) is 0 Å². The molecule has 0 radical (unpaired) electrons. The highest BCUT2D eigenvalue weighted by Gasteiger charge is 2.16. The van der Waals surface area contributed by atoms with E-state index in [1.54, 1.807) is 7.11 Å². The zero-order valence-electron chi connectivity index (χ0n) is 9.81. The summed E-state index contributed by atoms with van der Waals surface area (Å²) in [6.45, 7) is 10.9. The Morgan fingerprint density at radius 2 is 2.00 bits per heavy atom. The largest absolute Gasteiger partial charge is 0.384 e. The molecule has 0 aliphatic heterocycles. The van der Waals surface area contributed by atoms with Gasteiger partial charge in [-0.05, 0) is 31.7 Å². The summed E-state index contributed by atoms with van der Waals surface area (Å²) in [6, 6.07) is 0.637. The van der Waals surface area contributed by atoms with Gasteiger partial charge in [-0.1, -0.05) is 20.8 Å². The van der Waals surface area contributed by atoms with Crippen LogP contribution in [0.4, 0.5) is 0 Å². The lowest BCUT2D eigenvalue weighted by atomic mass is 9.90. The second-order valence-electron chi connectivity index (χ2n) is 4.61. The molecule has 0 aromatic rings. The Labute approximate surface area is 83.1 Å². The molecular weight excluding hydrogens is 162 g/mol. The molecule has 1 atom stereocenters. The van der Waals surface area contributed by atoms with Crippen molar-refractivity contribution in [1.82, 2.24) is 5.32 Å². The van der Waals surface area contributed by atoms with E-state index in [4.69, 9.17) is 4.74 Å². The lowest BCUT2D eigenvalue weighted by Crippen LogP contribution is -2.30. The van der Waals surface area contributed by atoms with Gasteiger partial charge < -0.3 is 10.1 Å². The lowest BCUT2D eigenvalue weighted by Gasteiger charge is -2.24. The van der Waals surface area contributed by atoms with Crippen molar-refractivity contribution in [2.24, 2.45) is 5.41 Å². The molecule has 0 aliphatic carbocycles. The summed E-state index contributed by atoms with van der Waals surface area (Å²) in [5, 5.41) is 3.49. The molecule has 1 unspecified atom stereocenters. The second kappa shape index (κ2) is 6.39. The first-order valence-electron chi connectivity index (χ1n) is 5.24. The highest BCUT2D eigenvalue weighted by molar-refractivity contribution is 4.70. The molecule has 80 valence electrons. The van der Waals surface area contributed by atoms with Crippen molar-refractivity contribution in [3.8, 4) is 0 Å². The van der Waals surface area contributed by atoms with Crippen LogP contribution in [-0.2, 0) is 4.74 Å². The zero-order valence-corrected chi connectivity index (χ0v) is 9.81. The van der Waals surface area contributed by atoms with Gasteiger partial charge >= 0.3 is 0 Å². The van der Waals surface area contributed by atoms with Crippen LogP contribution in [0.1, 0.15) is 40.5 Å². The Hall–Kier alpha value is -0.0800. The second-order valence-corrected chi connectivity index (χ2v) is 4.61. The molecule has 2 nitrogen and oxygen atoms in total. The van der Waals surface area contributed by atoms with Crippen molar-refractivity contribution in [3.63, 3.8) is 0 Å². The van der Waals surface area contributed by atoms with Gasteiger partial charge in [-0.2, -0.15) is 0 Å². The normalized spacial score (nSPS) is 14.5. The van der Waals surface area contributed by atoms with E-state index in [0.29, 0.717) is 11.5 Å². The van der Waals surface area contributed by atoms with Crippen LogP contribution < -0.4 is 5.32 Å². The van der Waals surface area contributed by atoms with Crippen molar-refractivity contribution in [1.29, 1.82) is 0 Å². The third kappa shape index (κ3) is 7.03. The van der Waals surface area contributed by atoms with Crippen LogP contribution in [0, 0.1) is 5.41 Å². The number of methoxy groups -OCH3 is 1. The van der Waals surface area contributed by atoms with Gasteiger partial charge in [0.2, 0.25) is 0 Å². The molecule has 0 saturated carbocycles. The number of nitrogens with one attached hydrogen (secondary N) is 1. The van der Waals surface area contributed by atoms with E-state index in [9.17, 15) is 0 Å². The lowest BCUT2D eigenvalue weighted by molar-refractivity contribution is 0.0977. The van der Waals surface area contributed by atoms with Gasteiger partial charge in [0, 0.05) is 13.2 Å². The summed E-state index contributed by atoms with van der Waals surface area (Å²) >= 11 is 0. The molecule has 0 saturated heterocycles. The molecule has 0 aliphatic rings. The van der Waals surface area contributed by atoms with Crippen molar-refractivity contribution >= 4 is 0 Å². The SMILES string of the molecule is CCC(C)NCCC(C)(C)COC. The highest BCUT2D eigenvalue weighted by Crippen LogP contribution is 2.19. The molecule has 13 heavy (non-hydrogen) atoms. The maximum Gasteiger partial charge on any atom is 0.0513 e. The van der Waals surface area contributed by atoms with Gasteiger partial charge in [0.05, 0.1) is 6.61 Å². The molecule has 0 amide bonds. The first-order valence-corrected chi connectivity index (χ1v) is 5.24. The van der Waals surface area contributed by atoms with Crippen LogP contribution in [0.25, 0.3) is 0 Å². The predicted molar refractivity (Wildman–Crippen MR) is 58.0 cm³/mol. The minimum absolute atomic E-state index is 0.301. The van der Waals surface area contributed by atoms with Gasteiger partial charge in [-0.15, -0.1) is 0 Å². The summed E-state index contributed by atoms with van der Waals surface area (Å²) in [7, 11) is 1.77. The van der Waals surface area contributed by atoms with Crippen LogP contribution >= 0.6 is 0 Å². The minimum Gasteiger partial charge on any atom is -0.384 e.